The maximum atomic E-state index is 12.9. The molecule has 0 saturated heterocycles. The van der Waals surface area contributed by atoms with Gasteiger partial charge in [-0.2, -0.15) is 18.3 Å². The molecule has 0 aliphatic heterocycles. The SMILES string of the molecule is CCC(C)Nc1ccc(NNc2ccc(/N=N/c3ccc(/N=N/c4ccc(C(F)(F)F)cc4)c4ccccc34)c3ccccc23)c2ccccc12. The first kappa shape index (κ1) is 33.2. The van der Waals surface area contributed by atoms with Crippen molar-refractivity contribution in [2.75, 3.05) is 16.2 Å². The normalized spacial score (nSPS) is 12.6. The lowest BCUT2D eigenvalue weighted by Gasteiger charge is -2.19. The highest BCUT2D eigenvalue weighted by atomic mass is 19.4. The van der Waals surface area contributed by atoms with Crippen LogP contribution in [0.2, 0.25) is 0 Å². The molecule has 7 nitrogen and oxygen atoms in total. The van der Waals surface area contributed by atoms with Gasteiger partial charge in [0.1, 0.15) is 0 Å². The molecule has 0 amide bonds. The highest BCUT2D eigenvalue weighted by Crippen LogP contribution is 2.38. The summed E-state index contributed by atoms with van der Waals surface area (Å²) in [4.78, 5) is 0. The number of anilines is 3. The van der Waals surface area contributed by atoms with Crippen LogP contribution in [0.15, 0.2) is 154 Å². The first-order valence-corrected chi connectivity index (χ1v) is 16.6. The molecule has 0 aromatic heterocycles. The van der Waals surface area contributed by atoms with Crippen molar-refractivity contribution in [3.05, 3.63) is 139 Å². The fraction of sp³-hybridized carbons (Fsp3) is 0.122. The first-order valence-electron chi connectivity index (χ1n) is 16.6. The van der Waals surface area contributed by atoms with E-state index in [1.807, 2.05) is 72.8 Å². The topological polar surface area (TPSA) is 85.5 Å². The molecule has 10 heteroatoms. The minimum atomic E-state index is -4.41. The lowest BCUT2D eigenvalue weighted by molar-refractivity contribution is -0.137. The molecule has 0 radical (unpaired) electrons. The number of fused-ring (bicyclic) bond motifs is 3. The Morgan fingerprint density at radius 1 is 0.490 bits per heavy atom. The van der Waals surface area contributed by atoms with Crippen molar-refractivity contribution >= 4 is 72.1 Å². The van der Waals surface area contributed by atoms with E-state index in [2.05, 4.69) is 80.8 Å². The Balaban J connectivity index is 1.14. The molecule has 1 unspecified atom stereocenters. The minimum Gasteiger partial charge on any atom is -0.382 e. The highest BCUT2D eigenvalue weighted by molar-refractivity contribution is 6.04. The van der Waals surface area contributed by atoms with Crippen LogP contribution in [0.1, 0.15) is 25.8 Å². The predicted octanol–water partition coefficient (Wildman–Crippen LogP) is 13.6. The second kappa shape index (κ2) is 14.3. The summed E-state index contributed by atoms with van der Waals surface area (Å²) in [5.41, 5.74) is 11.3. The monoisotopic (exact) mass is 681 g/mol. The molecule has 51 heavy (non-hydrogen) atoms. The van der Waals surface area contributed by atoms with Crippen molar-refractivity contribution in [3.8, 4) is 0 Å². The molecule has 7 rings (SSSR count). The van der Waals surface area contributed by atoms with Crippen molar-refractivity contribution in [3.63, 3.8) is 0 Å². The van der Waals surface area contributed by atoms with E-state index in [0.717, 1.165) is 67.9 Å². The third kappa shape index (κ3) is 7.21. The fourth-order valence-corrected chi connectivity index (χ4v) is 5.89. The van der Waals surface area contributed by atoms with E-state index in [9.17, 15) is 13.2 Å². The number of hydrazine groups is 1. The van der Waals surface area contributed by atoms with Crippen LogP contribution in [0.5, 0.6) is 0 Å². The van der Waals surface area contributed by atoms with E-state index in [1.165, 1.54) is 12.1 Å². The Labute approximate surface area is 292 Å². The number of hydrogen-bond acceptors (Lipinski definition) is 7. The predicted molar refractivity (Wildman–Crippen MR) is 202 cm³/mol. The van der Waals surface area contributed by atoms with Gasteiger partial charge in [-0.3, -0.25) is 0 Å². The minimum absolute atomic E-state index is 0.316. The number of benzene rings is 7. The number of azo groups is 2. The molecular weight excluding hydrogens is 647 g/mol. The van der Waals surface area contributed by atoms with Crippen molar-refractivity contribution in [1.29, 1.82) is 0 Å². The molecule has 254 valence electrons. The van der Waals surface area contributed by atoms with Crippen LogP contribution in [0.4, 0.5) is 53.0 Å². The zero-order valence-electron chi connectivity index (χ0n) is 27.9. The average molecular weight is 682 g/mol. The number of halogens is 3. The van der Waals surface area contributed by atoms with Crippen LogP contribution in [-0.4, -0.2) is 6.04 Å². The van der Waals surface area contributed by atoms with Crippen LogP contribution >= 0.6 is 0 Å². The molecule has 0 aliphatic rings. The number of nitrogens with one attached hydrogen (secondary N) is 3. The molecule has 7 aromatic rings. The number of hydrogen-bond donors (Lipinski definition) is 3. The van der Waals surface area contributed by atoms with Gasteiger partial charge in [0, 0.05) is 44.0 Å². The molecule has 1 atom stereocenters. The maximum absolute atomic E-state index is 12.9. The van der Waals surface area contributed by atoms with E-state index in [1.54, 1.807) is 6.07 Å². The summed E-state index contributed by atoms with van der Waals surface area (Å²) < 4.78 is 38.8. The van der Waals surface area contributed by atoms with Crippen molar-refractivity contribution in [1.82, 2.24) is 0 Å². The van der Waals surface area contributed by atoms with Crippen LogP contribution in [0.3, 0.4) is 0 Å². The van der Waals surface area contributed by atoms with Crippen molar-refractivity contribution in [2.24, 2.45) is 20.5 Å². The summed E-state index contributed by atoms with van der Waals surface area (Å²) >= 11 is 0. The summed E-state index contributed by atoms with van der Waals surface area (Å²) in [6.07, 6.45) is -3.38. The highest BCUT2D eigenvalue weighted by Gasteiger charge is 2.30. The van der Waals surface area contributed by atoms with Gasteiger partial charge in [0.05, 0.1) is 39.7 Å². The summed E-state index contributed by atoms with van der Waals surface area (Å²) in [5.74, 6) is 0. The second-order valence-electron chi connectivity index (χ2n) is 12.2. The summed E-state index contributed by atoms with van der Waals surface area (Å²) in [7, 11) is 0. The molecule has 0 spiro atoms. The largest absolute Gasteiger partial charge is 0.416 e. The lowest BCUT2D eigenvalue weighted by atomic mass is 10.1. The Morgan fingerprint density at radius 3 is 1.39 bits per heavy atom. The quantitative estimate of drug-likeness (QED) is 0.0992. The average Bonchev–Trinajstić information content (AvgIpc) is 3.16. The van der Waals surface area contributed by atoms with Crippen molar-refractivity contribution in [2.45, 2.75) is 32.5 Å². The van der Waals surface area contributed by atoms with E-state index in [-0.39, 0.29) is 0 Å². The van der Waals surface area contributed by atoms with Gasteiger partial charge in [0.25, 0.3) is 0 Å². The molecular formula is C41H34F3N7. The van der Waals surface area contributed by atoms with Crippen LogP contribution in [-0.2, 0) is 6.18 Å². The van der Waals surface area contributed by atoms with Gasteiger partial charge in [0.2, 0.25) is 0 Å². The number of alkyl halides is 3. The second-order valence-corrected chi connectivity index (χ2v) is 12.2. The molecule has 0 bridgehead atoms. The third-order valence-corrected chi connectivity index (χ3v) is 8.78. The molecule has 7 aromatic carbocycles. The zero-order chi connectivity index (χ0) is 35.4. The van der Waals surface area contributed by atoms with Gasteiger partial charge in [-0.1, -0.05) is 79.7 Å². The molecule has 0 aliphatic carbocycles. The third-order valence-electron chi connectivity index (χ3n) is 8.78. The van der Waals surface area contributed by atoms with Crippen LogP contribution in [0, 0.1) is 0 Å². The van der Waals surface area contributed by atoms with Gasteiger partial charge in [-0.15, -0.1) is 15.3 Å². The molecule has 0 saturated carbocycles. The molecule has 0 heterocycles. The zero-order valence-corrected chi connectivity index (χ0v) is 27.9. The fourth-order valence-electron chi connectivity index (χ4n) is 5.89. The summed E-state index contributed by atoms with van der Waals surface area (Å²) in [6, 6.07) is 40.6. The van der Waals surface area contributed by atoms with Crippen LogP contribution < -0.4 is 16.2 Å². The van der Waals surface area contributed by atoms with Crippen molar-refractivity contribution < 1.29 is 13.2 Å². The number of nitrogens with zero attached hydrogens (tertiary/aromatic N) is 4. The van der Waals surface area contributed by atoms with E-state index in [0.29, 0.717) is 28.8 Å². The van der Waals surface area contributed by atoms with Gasteiger partial charge >= 0.3 is 6.18 Å². The van der Waals surface area contributed by atoms with E-state index in [4.69, 9.17) is 0 Å². The lowest BCUT2D eigenvalue weighted by Crippen LogP contribution is -2.14. The number of rotatable bonds is 10. The van der Waals surface area contributed by atoms with Crippen LogP contribution in [0.25, 0.3) is 32.3 Å². The Hall–Kier alpha value is -6.29. The molecule has 0 fully saturated rings. The Morgan fingerprint density at radius 2 is 0.882 bits per heavy atom. The summed E-state index contributed by atoms with van der Waals surface area (Å²) in [5, 5.41) is 27.2. The Kier molecular flexibility index (Phi) is 9.30. The van der Waals surface area contributed by atoms with Gasteiger partial charge < -0.3 is 16.2 Å². The standard InChI is InChI=1S/C41H34F3N7/c1-3-26(2)45-35-20-21-37(30-11-5-4-10-29(30)35)48-49-39-24-25-40(34-15-9-8-14-33(34)39)51-50-38-23-22-36(31-12-6-7-13-32(31)38)47-46-28-18-16-27(17-19-28)41(42,43)44/h4-26,45,48-49H,3H2,1-2H3/b47-46+,51-50+. The summed E-state index contributed by atoms with van der Waals surface area (Å²) in [6.45, 7) is 4.35. The Bertz CT molecular complexity index is 2400. The van der Waals surface area contributed by atoms with Gasteiger partial charge in [-0.25, -0.2) is 0 Å². The van der Waals surface area contributed by atoms with Gasteiger partial charge in [-0.05, 0) is 74.0 Å². The molecule has 3 N–H and O–H groups in total. The van der Waals surface area contributed by atoms with E-state index < -0.39 is 11.7 Å². The van der Waals surface area contributed by atoms with Gasteiger partial charge in [0.15, 0.2) is 0 Å². The maximum Gasteiger partial charge on any atom is 0.416 e. The van der Waals surface area contributed by atoms with E-state index >= 15 is 0 Å². The smallest absolute Gasteiger partial charge is 0.382 e. The first-order chi connectivity index (χ1) is 24.8.